The van der Waals surface area contributed by atoms with Crippen LogP contribution in [-0.4, -0.2) is 16.8 Å². The van der Waals surface area contributed by atoms with Gasteiger partial charge in [-0.3, -0.25) is 4.68 Å². The average Bonchev–Trinajstić information content (AvgIpc) is 2.88. The fourth-order valence-corrected chi connectivity index (χ4v) is 1.83. The van der Waals surface area contributed by atoms with Crippen LogP contribution in [0.4, 0.5) is 0 Å². The zero-order valence-corrected chi connectivity index (χ0v) is 9.25. The molecule has 1 aliphatic rings. The second kappa shape index (κ2) is 3.73. The zero-order chi connectivity index (χ0) is 10.1. The van der Waals surface area contributed by atoms with E-state index in [1.165, 1.54) is 24.2 Å². The van der Waals surface area contributed by atoms with E-state index in [4.69, 9.17) is 0 Å². The quantitative estimate of drug-likeness (QED) is 0.793. The van der Waals surface area contributed by atoms with Crippen LogP contribution < -0.4 is 5.32 Å². The maximum Gasteiger partial charge on any atom is 0.0765 e. The van der Waals surface area contributed by atoms with Crippen LogP contribution in [-0.2, 0) is 6.54 Å². The van der Waals surface area contributed by atoms with E-state index in [-0.39, 0.29) is 0 Å². The molecule has 14 heavy (non-hydrogen) atoms. The summed E-state index contributed by atoms with van der Waals surface area (Å²) >= 11 is 0. The minimum Gasteiger partial charge on any atom is -0.314 e. The fourth-order valence-electron chi connectivity index (χ4n) is 1.83. The molecular formula is C11H19N3. The van der Waals surface area contributed by atoms with Gasteiger partial charge in [-0.1, -0.05) is 0 Å². The van der Waals surface area contributed by atoms with Crippen LogP contribution >= 0.6 is 0 Å². The summed E-state index contributed by atoms with van der Waals surface area (Å²) in [5, 5.41) is 7.76. The molecule has 1 aromatic heterocycles. The predicted molar refractivity (Wildman–Crippen MR) is 57.4 cm³/mol. The molecule has 0 bridgehead atoms. The summed E-state index contributed by atoms with van der Waals surface area (Å²) in [6, 6.07) is 2.74. The molecule has 0 saturated heterocycles. The zero-order valence-electron chi connectivity index (χ0n) is 9.25. The summed E-state index contributed by atoms with van der Waals surface area (Å²) < 4.78 is 2.18. The average molecular weight is 193 g/mol. The van der Waals surface area contributed by atoms with Crippen LogP contribution in [0.1, 0.15) is 50.0 Å². The SMILES string of the molecule is CNCc1cc(C2CC2)n(C(C)C)n1. The molecule has 1 aliphatic carbocycles. The van der Waals surface area contributed by atoms with Gasteiger partial charge in [-0.2, -0.15) is 5.10 Å². The molecule has 1 saturated carbocycles. The second-order valence-corrected chi connectivity index (χ2v) is 4.40. The summed E-state index contributed by atoms with van der Waals surface area (Å²) in [6.07, 6.45) is 2.69. The van der Waals surface area contributed by atoms with Gasteiger partial charge in [0.05, 0.1) is 5.69 Å². The lowest BCUT2D eigenvalue weighted by Crippen LogP contribution is -2.09. The second-order valence-electron chi connectivity index (χ2n) is 4.40. The Morgan fingerprint density at radius 1 is 1.57 bits per heavy atom. The van der Waals surface area contributed by atoms with Crippen molar-refractivity contribution in [2.75, 3.05) is 7.05 Å². The van der Waals surface area contributed by atoms with Crippen LogP contribution in [0.15, 0.2) is 6.07 Å². The van der Waals surface area contributed by atoms with Gasteiger partial charge in [-0.05, 0) is 39.8 Å². The smallest absolute Gasteiger partial charge is 0.0765 e. The largest absolute Gasteiger partial charge is 0.314 e. The lowest BCUT2D eigenvalue weighted by Gasteiger charge is -2.09. The van der Waals surface area contributed by atoms with Crippen molar-refractivity contribution in [3.05, 3.63) is 17.5 Å². The van der Waals surface area contributed by atoms with Crippen molar-refractivity contribution in [3.8, 4) is 0 Å². The van der Waals surface area contributed by atoms with Crippen molar-refractivity contribution in [1.82, 2.24) is 15.1 Å². The normalized spacial score (nSPS) is 16.6. The van der Waals surface area contributed by atoms with E-state index < -0.39 is 0 Å². The van der Waals surface area contributed by atoms with Crippen molar-refractivity contribution < 1.29 is 0 Å². The molecule has 78 valence electrons. The molecule has 0 spiro atoms. The first-order chi connectivity index (χ1) is 6.72. The Bertz CT molecular complexity index is 291. The van der Waals surface area contributed by atoms with Crippen LogP contribution in [0.25, 0.3) is 0 Å². The Morgan fingerprint density at radius 2 is 2.29 bits per heavy atom. The molecule has 1 fully saturated rings. The molecule has 0 atom stereocenters. The summed E-state index contributed by atoms with van der Waals surface area (Å²) in [5.74, 6) is 0.788. The first kappa shape index (κ1) is 9.71. The van der Waals surface area contributed by atoms with Crippen molar-refractivity contribution >= 4 is 0 Å². The molecule has 0 aliphatic heterocycles. The maximum atomic E-state index is 4.61. The van der Waals surface area contributed by atoms with E-state index >= 15 is 0 Å². The van der Waals surface area contributed by atoms with Gasteiger partial charge in [0.1, 0.15) is 0 Å². The number of nitrogens with zero attached hydrogens (tertiary/aromatic N) is 2. The minimum atomic E-state index is 0.483. The highest BCUT2D eigenvalue weighted by Crippen LogP contribution is 2.41. The molecule has 0 aromatic carbocycles. The van der Waals surface area contributed by atoms with Crippen molar-refractivity contribution in [3.63, 3.8) is 0 Å². The first-order valence-electron chi connectivity index (χ1n) is 5.45. The van der Waals surface area contributed by atoms with E-state index in [0.717, 1.165) is 12.5 Å². The third-order valence-corrected chi connectivity index (χ3v) is 2.66. The van der Waals surface area contributed by atoms with Gasteiger partial charge in [0, 0.05) is 24.2 Å². The number of hydrogen-bond donors (Lipinski definition) is 1. The molecule has 2 rings (SSSR count). The van der Waals surface area contributed by atoms with E-state index in [1.54, 1.807) is 0 Å². The van der Waals surface area contributed by atoms with Gasteiger partial charge in [0.2, 0.25) is 0 Å². The lowest BCUT2D eigenvalue weighted by molar-refractivity contribution is 0.503. The van der Waals surface area contributed by atoms with E-state index in [0.29, 0.717) is 6.04 Å². The molecule has 3 heteroatoms. The minimum absolute atomic E-state index is 0.483. The Balaban J connectivity index is 2.25. The molecule has 0 unspecified atom stereocenters. The highest BCUT2D eigenvalue weighted by Gasteiger charge is 2.28. The van der Waals surface area contributed by atoms with Gasteiger partial charge in [-0.25, -0.2) is 0 Å². The number of aromatic nitrogens is 2. The summed E-state index contributed by atoms with van der Waals surface area (Å²) in [6.45, 7) is 5.27. The molecule has 0 radical (unpaired) electrons. The Labute approximate surface area is 85.5 Å². The summed E-state index contributed by atoms with van der Waals surface area (Å²) in [7, 11) is 1.96. The van der Waals surface area contributed by atoms with Crippen molar-refractivity contribution in [2.45, 2.75) is 45.2 Å². The first-order valence-corrected chi connectivity index (χ1v) is 5.45. The van der Waals surface area contributed by atoms with Gasteiger partial charge in [-0.15, -0.1) is 0 Å². The van der Waals surface area contributed by atoms with Crippen LogP contribution in [0.3, 0.4) is 0 Å². The van der Waals surface area contributed by atoms with Crippen molar-refractivity contribution in [2.24, 2.45) is 0 Å². The lowest BCUT2D eigenvalue weighted by atomic mass is 10.2. The van der Waals surface area contributed by atoms with Crippen LogP contribution in [0, 0.1) is 0 Å². The number of hydrogen-bond acceptors (Lipinski definition) is 2. The Hall–Kier alpha value is -0.830. The number of nitrogens with one attached hydrogen (secondary N) is 1. The standard InChI is InChI=1S/C11H19N3/c1-8(2)14-11(9-4-5-9)6-10(13-14)7-12-3/h6,8-9,12H,4-5,7H2,1-3H3. The van der Waals surface area contributed by atoms with E-state index in [9.17, 15) is 0 Å². The topological polar surface area (TPSA) is 29.9 Å². The Morgan fingerprint density at radius 3 is 2.79 bits per heavy atom. The van der Waals surface area contributed by atoms with Gasteiger partial charge in [0.15, 0.2) is 0 Å². The van der Waals surface area contributed by atoms with E-state index in [2.05, 4.69) is 35.0 Å². The molecule has 3 nitrogen and oxygen atoms in total. The van der Waals surface area contributed by atoms with Gasteiger partial charge in [0.25, 0.3) is 0 Å². The predicted octanol–water partition coefficient (Wildman–Crippen LogP) is 2.06. The maximum absolute atomic E-state index is 4.61. The number of rotatable bonds is 4. The molecule has 1 heterocycles. The van der Waals surface area contributed by atoms with Crippen molar-refractivity contribution in [1.29, 1.82) is 0 Å². The van der Waals surface area contributed by atoms with Gasteiger partial charge >= 0.3 is 0 Å². The summed E-state index contributed by atoms with van der Waals surface area (Å²) in [5.41, 5.74) is 2.60. The molecule has 1 N–H and O–H groups in total. The highest BCUT2D eigenvalue weighted by atomic mass is 15.3. The monoisotopic (exact) mass is 193 g/mol. The molecule has 0 amide bonds. The van der Waals surface area contributed by atoms with Crippen LogP contribution in [0.2, 0.25) is 0 Å². The third-order valence-electron chi connectivity index (χ3n) is 2.66. The fraction of sp³-hybridized carbons (Fsp3) is 0.727. The highest BCUT2D eigenvalue weighted by molar-refractivity contribution is 5.19. The van der Waals surface area contributed by atoms with Crippen LogP contribution in [0.5, 0.6) is 0 Å². The molecular weight excluding hydrogens is 174 g/mol. The van der Waals surface area contributed by atoms with E-state index in [1.807, 2.05) is 7.05 Å². The van der Waals surface area contributed by atoms with Gasteiger partial charge < -0.3 is 5.32 Å². The summed E-state index contributed by atoms with van der Waals surface area (Å²) in [4.78, 5) is 0. The third kappa shape index (κ3) is 1.82. The Kier molecular flexibility index (Phi) is 2.59. The molecule has 1 aromatic rings.